The molecule has 8 nitrogen and oxygen atoms in total. The molecular weight excluding hydrogens is 505 g/mol. The molecule has 4 aliphatic rings. The van der Waals surface area contributed by atoms with Crippen molar-refractivity contribution in [1.29, 1.82) is 0 Å². The molecule has 3 unspecified atom stereocenters. The molecule has 2 saturated carbocycles. The number of carbonyl (C=O) groups is 2. The minimum absolute atomic E-state index is 0.00722. The highest BCUT2D eigenvalue weighted by atomic mass is 19.4. The molecule has 6 atom stereocenters. The van der Waals surface area contributed by atoms with Gasteiger partial charge in [0.15, 0.2) is 23.7 Å². The lowest BCUT2D eigenvalue weighted by Crippen LogP contribution is -2.58. The fraction of sp³-hybridized carbons (Fsp3) is 0.458. The number of ether oxygens (including phenoxy) is 2. The Hall–Kier alpha value is -3.48. The summed E-state index contributed by atoms with van der Waals surface area (Å²) in [7, 11) is 1.11. The topological polar surface area (TPSA) is 89.9 Å². The van der Waals surface area contributed by atoms with Crippen LogP contribution in [-0.4, -0.2) is 52.9 Å². The molecule has 2 aliphatic carbocycles. The normalized spacial score (nSPS) is 28.2. The van der Waals surface area contributed by atoms with Crippen molar-refractivity contribution >= 4 is 11.8 Å². The van der Waals surface area contributed by atoms with Crippen LogP contribution in [0.25, 0.3) is 0 Å². The van der Waals surface area contributed by atoms with Gasteiger partial charge in [0.05, 0.1) is 19.8 Å². The molecule has 2 bridgehead atoms. The van der Waals surface area contributed by atoms with Crippen LogP contribution in [0.1, 0.15) is 45.3 Å². The molecule has 1 N–H and O–H groups in total. The SMILES string of the molecule is COc1c2n(cc(C(=O)N[C@@H](c3ccc(F)cc3F)C(F)(F)F)c1=O)C[C@H]1OC3CC(C4C[C@@H]34)N1C2=O. The number of nitrogens with zero attached hydrogens (tertiary/aromatic N) is 2. The third-order valence-corrected chi connectivity index (χ3v) is 7.69. The van der Waals surface area contributed by atoms with Crippen molar-refractivity contribution in [3.8, 4) is 5.75 Å². The van der Waals surface area contributed by atoms with Crippen molar-refractivity contribution in [2.45, 2.75) is 50.0 Å². The van der Waals surface area contributed by atoms with Crippen LogP contribution >= 0.6 is 0 Å². The van der Waals surface area contributed by atoms with Gasteiger partial charge in [0.2, 0.25) is 5.43 Å². The zero-order valence-electron chi connectivity index (χ0n) is 19.2. The van der Waals surface area contributed by atoms with Gasteiger partial charge in [0.1, 0.15) is 17.2 Å². The van der Waals surface area contributed by atoms with Crippen molar-refractivity contribution in [3.63, 3.8) is 0 Å². The van der Waals surface area contributed by atoms with Crippen molar-refractivity contribution in [3.05, 3.63) is 63.1 Å². The Morgan fingerprint density at radius 1 is 1.19 bits per heavy atom. The summed E-state index contributed by atoms with van der Waals surface area (Å²) in [5.74, 6) is -4.38. The number of nitrogens with one attached hydrogen (secondary N) is 1. The smallest absolute Gasteiger partial charge is 0.412 e. The summed E-state index contributed by atoms with van der Waals surface area (Å²) in [4.78, 5) is 41.1. The second-order valence-electron chi connectivity index (χ2n) is 9.73. The summed E-state index contributed by atoms with van der Waals surface area (Å²) in [5, 5.41) is 1.63. The molecule has 0 radical (unpaired) electrons. The molecule has 0 spiro atoms. The van der Waals surface area contributed by atoms with Gasteiger partial charge in [-0.15, -0.1) is 0 Å². The maximum absolute atomic E-state index is 14.2. The van der Waals surface area contributed by atoms with Gasteiger partial charge in [-0.1, -0.05) is 6.07 Å². The Labute approximate surface area is 205 Å². The lowest BCUT2D eigenvalue weighted by Gasteiger charge is -2.45. The Balaban J connectivity index is 1.37. The number of alkyl halides is 3. The van der Waals surface area contributed by atoms with Crippen molar-refractivity contribution in [1.82, 2.24) is 14.8 Å². The van der Waals surface area contributed by atoms with Crippen LogP contribution < -0.4 is 15.5 Å². The molecule has 13 heteroatoms. The molecule has 37 heavy (non-hydrogen) atoms. The molecule has 2 aliphatic heterocycles. The summed E-state index contributed by atoms with van der Waals surface area (Å²) in [5.41, 5.74) is -2.98. The Kier molecular flexibility index (Phi) is 5.17. The third kappa shape index (κ3) is 3.62. The van der Waals surface area contributed by atoms with Crippen molar-refractivity contribution < 1.29 is 41.0 Å². The van der Waals surface area contributed by atoms with Gasteiger partial charge < -0.3 is 24.3 Å². The molecule has 3 heterocycles. The van der Waals surface area contributed by atoms with Gasteiger partial charge in [0, 0.05) is 23.9 Å². The zero-order valence-corrected chi connectivity index (χ0v) is 19.2. The van der Waals surface area contributed by atoms with E-state index in [2.05, 4.69) is 0 Å². The highest BCUT2D eigenvalue weighted by molar-refractivity contribution is 5.99. The average molecular weight is 525 g/mol. The fourth-order valence-electron chi connectivity index (χ4n) is 5.99. The number of hydrogen-bond acceptors (Lipinski definition) is 5. The molecule has 2 aromatic rings. The van der Waals surface area contributed by atoms with E-state index in [4.69, 9.17) is 9.47 Å². The molecule has 6 rings (SSSR count). The first-order valence-corrected chi connectivity index (χ1v) is 11.6. The molecule has 3 fully saturated rings. The molecule has 2 amide bonds. The summed E-state index contributed by atoms with van der Waals surface area (Å²) < 4.78 is 81.3. The van der Waals surface area contributed by atoms with E-state index in [0.717, 1.165) is 19.7 Å². The lowest BCUT2D eigenvalue weighted by atomic mass is 10.0. The Morgan fingerprint density at radius 3 is 2.62 bits per heavy atom. The number of pyridine rings is 1. The zero-order chi connectivity index (χ0) is 26.4. The van der Waals surface area contributed by atoms with Crippen molar-refractivity contribution in [2.24, 2.45) is 11.8 Å². The lowest BCUT2D eigenvalue weighted by molar-refractivity contribution is -0.155. The number of hydrogen-bond donors (Lipinski definition) is 1. The van der Waals surface area contributed by atoms with E-state index in [0.29, 0.717) is 30.4 Å². The van der Waals surface area contributed by atoms with Gasteiger partial charge in [-0.2, -0.15) is 13.2 Å². The van der Waals surface area contributed by atoms with Crippen molar-refractivity contribution in [2.75, 3.05) is 7.11 Å². The molecule has 196 valence electrons. The second kappa shape index (κ2) is 8.01. The number of methoxy groups -OCH3 is 1. The van der Waals surface area contributed by atoms with Gasteiger partial charge in [-0.05, 0) is 30.7 Å². The third-order valence-electron chi connectivity index (χ3n) is 7.69. The van der Waals surface area contributed by atoms with Crippen LogP contribution in [0, 0.1) is 23.5 Å². The predicted octanol–water partition coefficient (Wildman–Crippen LogP) is 2.76. The van der Waals surface area contributed by atoms with Gasteiger partial charge in [-0.25, -0.2) is 8.78 Å². The van der Waals surface area contributed by atoms with Gasteiger partial charge >= 0.3 is 6.18 Å². The van der Waals surface area contributed by atoms with E-state index in [-0.39, 0.29) is 30.5 Å². The van der Waals surface area contributed by atoms with Crippen LogP contribution in [-0.2, 0) is 11.3 Å². The highest BCUT2D eigenvalue weighted by Crippen LogP contribution is 2.58. The van der Waals surface area contributed by atoms with Crippen LogP contribution in [0.2, 0.25) is 0 Å². The number of aromatic nitrogens is 1. The first kappa shape index (κ1) is 23.9. The minimum atomic E-state index is -5.17. The molecular formula is C24H20F5N3O5. The number of amides is 2. The summed E-state index contributed by atoms with van der Waals surface area (Å²) in [6.45, 7) is 0.0414. The molecule has 1 saturated heterocycles. The van der Waals surface area contributed by atoms with E-state index >= 15 is 0 Å². The number of fused-ring (bicyclic) bond motifs is 8. The summed E-state index contributed by atoms with van der Waals surface area (Å²) in [6, 6.07) is -1.45. The van der Waals surface area contributed by atoms with E-state index in [1.165, 1.54) is 4.57 Å². The first-order chi connectivity index (χ1) is 17.5. The number of halogens is 5. The minimum Gasteiger partial charge on any atom is -0.491 e. The first-order valence-electron chi connectivity index (χ1n) is 11.6. The van der Waals surface area contributed by atoms with Crippen LogP contribution in [0.5, 0.6) is 5.75 Å². The average Bonchev–Trinajstić information content (AvgIpc) is 3.57. The van der Waals surface area contributed by atoms with Crippen LogP contribution in [0.4, 0.5) is 22.0 Å². The van der Waals surface area contributed by atoms with E-state index in [1.54, 1.807) is 10.2 Å². The summed E-state index contributed by atoms with van der Waals surface area (Å²) in [6.07, 6.45) is -3.17. The fourth-order valence-corrected chi connectivity index (χ4v) is 5.99. The molecule has 1 aromatic heterocycles. The van der Waals surface area contributed by atoms with E-state index in [1.807, 2.05) is 0 Å². The molecule has 1 aromatic carbocycles. The monoisotopic (exact) mass is 525 g/mol. The maximum atomic E-state index is 14.2. The largest absolute Gasteiger partial charge is 0.491 e. The maximum Gasteiger partial charge on any atom is 0.412 e. The van der Waals surface area contributed by atoms with Gasteiger partial charge in [-0.3, -0.25) is 14.4 Å². The van der Waals surface area contributed by atoms with Crippen LogP contribution in [0.15, 0.2) is 29.2 Å². The predicted molar refractivity (Wildman–Crippen MR) is 115 cm³/mol. The standard InChI is InChI=1S/C24H20F5N3O5/c1-36-20-18-23(35)32-15-6-16(12-5-11(12)15)37-17(32)8-31(18)7-13(19(20)33)22(34)30-21(24(27,28)29)10-3-2-9(25)4-14(10)26/h2-4,7,11-12,15-17,21H,5-6,8H2,1H3,(H,30,34)/t11?,12-,15?,16?,17-,21+/m1/s1. The number of benzene rings is 1. The highest BCUT2D eigenvalue weighted by Gasteiger charge is 2.63. The van der Waals surface area contributed by atoms with E-state index in [9.17, 15) is 36.3 Å². The van der Waals surface area contributed by atoms with Crippen LogP contribution in [0.3, 0.4) is 0 Å². The van der Waals surface area contributed by atoms with E-state index < -0.39 is 64.2 Å². The quantitative estimate of drug-likeness (QED) is 0.621. The summed E-state index contributed by atoms with van der Waals surface area (Å²) >= 11 is 0. The van der Waals surface area contributed by atoms with Gasteiger partial charge in [0.25, 0.3) is 11.8 Å². The Bertz CT molecular complexity index is 1390. The Morgan fingerprint density at radius 2 is 1.95 bits per heavy atom. The number of rotatable bonds is 4. The second-order valence-corrected chi connectivity index (χ2v) is 9.73. The number of carbonyl (C=O) groups excluding carboxylic acids is 2.